The topological polar surface area (TPSA) is 142 Å². The minimum atomic E-state index is -3.74. The van der Waals surface area contributed by atoms with Gasteiger partial charge in [0, 0.05) is 38.1 Å². The Morgan fingerprint density at radius 3 is 2.47 bits per heavy atom. The number of amides is 4. The zero-order valence-corrected chi connectivity index (χ0v) is 20.2. The monoisotopic (exact) mass is 508 g/mol. The Bertz CT molecular complexity index is 1470. The highest BCUT2D eigenvalue weighted by molar-refractivity contribution is 7.89. The van der Waals surface area contributed by atoms with Crippen LogP contribution >= 0.6 is 0 Å². The molecule has 3 N–H and O–H groups in total. The maximum atomic E-state index is 13.2. The average Bonchev–Trinajstić information content (AvgIpc) is 3.44. The Balaban J connectivity index is 1.31. The molecule has 0 aliphatic carbocycles. The van der Waals surface area contributed by atoms with Crippen molar-refractivity contribution in [2.24, 2.45) is 7.05 Å². The molecule has 11 nitrogen and oxygen atoms in total. The fourth-order valence-corrected chi connectivity index (χ4v) is 5.97. The van der Waals surface area contributed by atoms with Gasteiger partial charge in [-0.2, -0.15) is 4.31 Å². The summed E-state index contributed by atoms with van der Waals surface area (Å²) >= 11 is 0. The van der Waals surface area contributed by atoms with Crippen LogP contribution < -0.4 is 16.0 Å². The standard InChI is InChI=1S/C24H24N6O5S/c1-29-13-11-25-21(29)24(22(32)27-23(33)28-24)15-26-20(31)17-6-8-19(9-7-17)36(34,35)30-12-10-16-4-2-3-5-18(16)14-30/h2-9,11,13H,10,12,14-15H2,1H3,(H,26,31)(H2,27,28,32,33). The summed E-state index contributed by atoms with van der Waals surface area (Å²) in [6.45, 7) is 0.427. The van der Waals surface area contributed by atoms with Crippen molar-refractivity contribution in [3.8, 4) is 0 Å². The molecule has 4 amide bonds. The largest absolute Gasteiger partial charge is 0.349 e. The fraction of sp³-hybridized carbons (Fsp3) is 0.250. The molecule has 2 aliphatic heterocycles. The SMILES string of the molecule is Cn1ccnc1C1(CNC(=O)c2ccc(S(=O)(=O)N3CCc4ccccc4C3)cc2)NC(=O)NC1=O. The zero-order chi connectivity index (χ0) is 25.5. The van der Waals surface area contributed by atoms with Gasteiger partial charge >= 0.3 is 6.03 Å². The molecule has 2 aromatic carbocycles. The minimum absolute atomic E-state index is 0.0883. The van der Waals surface area contributed by atoms with Gasteiger partial charge in [-0.1, -0.05) is 24.3 Å². The van der Waals surface area contributed by atoms with Crippen LogP contribution in [0.25, 0.3) is 0 Å². The van der Waals surface area contributed by atoms with Gasteiger partial charge in [0.25, 0.3) is 11.8 Å². The number of hydrogen-bond donors (Lipinski definition) is 3. The number of aryl methyl sites for hydroxylation is 1. The number of imidazole rings is 1. The number of imide groups is 1. The summed E-state index contributed by atoms with van der Waals surface area (Å²) in [7, 11) is -2.07. The van der Waals surface area contributed by atoms with Gasteiger partial charge in [0.15, 0.2) is 5.54 Å². The van der Waals surface area contributed by atoms with E-state index in [4.69, 9.17) is 0 Å². The van der Waals surface area contributed by atoms with Crippen LogP contribution in [0.1, 0.15) is 27.3 Å². The van der Waals surface area contributed by atoms with Crippen molar-refractivity contribution in [2.75, 3.05) is 13.1 Å². The molecular formula is C24H24N6O5S. The third kappa shape index (κ3) is 4.03. The van der Waals surface area contributed by atoms with Crippen LogP contribution in [0, 0.1) is 0 Å². The molecule has 5 rings (SSSR count). The van der Waals surface area contributed by atoms with E-state index < -0.39 is 33.4 Å². The Hall–Kier alpha value is -4.03. The maximum Gasteiger partial charge on any atom is 0.322 e. The summed E-state index contributed by atoms with van der Waals surface area (Å²) in [5.41, 5.74) is 0.760. The highest BCUT2D eigenvalue weighted by atomic mass is 32.2. The molecule has 1 atom stereocenters. The molecule has 186 valence electrons. The van der Waals surface area contributed by atoms with Crippen LogP contribution in [0.4, 0.5) is 4.79 Å². The highest BCUT2D eigenvalue weighted by Gasteiger charge is 2.50. The lowest BCUT2D eigenvalue weighted by molar-refractivity contribution is -0.124. The van der Waals surface area contributed by atoms with E-state index in [1.807, 2.05) is 24.3 Å². The number of benzene rings is 2. The van der Waals surface area contributed by atoms with Crippen molar-refractivity contribution in [1.82, 2.24) is 29.8 Å². The van der Waals surface area contributed by atoms with Gasteiger partial charge in [-0.15, -0.1) is 0 Å². The van der Waals surface area contributed by atoms with Gasteiger partial charge in [-0.25, -0.2) is 18.2 Å². The summed E-state index contributed by atoms with van der Waals surface area (Å²) < 4.78 is 29.4. The van der Waals surface area contributed by atoms with Crippen molar-refractivity contribution in [1.29, 1.82) is 0 Å². The van der Waals surface area contributed by atoms with Gasteiger partial charge in [0.1, 0.15) is 5.82 Å². The van der Waals surface area contributed by atoms with E-state index in [9.17, 15) is 22.8 Å². The molecule has 1 unspecified atom stereocenters. The Kier molecular flexibility index (Phi) is 5.85. The van der Waals surface area contributed by atoms with E-state index in [-0.39, 0.29) is 22.8 Å². The lowest BCUT2D eigenvalue weighted by Gasteiger charge is -2.28. The van der Waals surface area contributed by atoms with E-state index in [0.717, 1.165) is 11.1 Å². The van der Waals surface area contributed by atoms with Crippen molar-refractivity contribution < 1.29 is 22.8 Å². The van der Waals surface area contributed by atoms with Crippen LogP contribution in [0.3, 0.4) is 0 Å². The molecule has 0 spiro atoms. The molecule has 0 saturated carbocycles. The predicted molar refractivity (Wildman–Crippen MR) is 128 cm³/mol. The van der Waals surface area contributed by atoms with Gasteiger partial charge in [-0.05, 0) is 41.8 Å². The Morgan fingerprint density at radius 1 is 1.11 bits per heavy atom. The molecular weight excluding hydrogens is 484 g/mol. The fourth-order valence-electron chi connectivity index (χ4n) is 4.55. The summed E-state index contributed by atoms with van der Waals surface area (Å²) in [5.74, 6) is -0.907. The third-order valence-corrected chi connectivity index (χ3v) is 8.37. The molecule has 1 saturated heterocycles. The number of carbonyl (C=O) groups is 3. The van der Waals surface area contributed by atoms with Gasteiger partial charge in [0.2, 0.25) is 10.0 Å². The number of urea groups is 1. The van der Waals surface area contributed by atoms with Crippen LogP contribution in [0.2, 0.25) is 0 Å². The zero-order valence-electron chi connectivity index (χ0n) is 19.4. The number of nitrogens with zero attached hydrogens (tertiary/aromatic N) is 3. The van der Waals surface area contributed by atoms with Crippen molar-refractivity contribution in [3.63, 3.8) is 0 Å². The van der Waals surface area contributed by atoms with Gasteiger partial charge in [0.05, 0.1) is 11.4 Å². The number of nitrogens with one attached hydrogen (secondary N) is 3. The second-order valence-corrected chi connectivity index (χ2v) is 10.7. The molecule has 2 aliphatic rings. The van der Waals surface area contributed by atoms with E-state index in [0.29, 0.717) is 19.5 Å². The molecule has 0 radical (unpaired) electrons. The van der Waals surface area contributed by atoms with Gasteiger partial charge in [-0.3, -0.25) is 14.9 Å². The minimum Gasteiger partial charge on any atom is -0.349 e. The lowest BCUT2D eigenvalue weighted by atomic mass is 9.98. The third-order valence-electron chi connectivity index (χ3n) is 6.51. The molecule has 12 heteroatoms. The summed E-state index contributed by atoms with van der Waals surface area (Å²) in [6, 6.07) is 12.7. The number of carbonyl (C=O) groups excluding carboxylic acids is 3. The average molecular weight is 509 g/mol. The summed E-state index contributed by atoms with van der Waals surface area (Å²) in [4.78, 5) is 41.6. The molecule has 3 aromatic rings. The van der Waals surface area contributed by atoms with Crippen LogP contribution in [-0.4, -0.2) is 53.2 Å². The quantitative estimate of drug-likeness (QED) is 0.417. The van der Waals surface area contributed by atoms with Crippen LogP contribution in [0.15, 0.2) is 65.8 Å². The first-order valence-corrected chi connectivity index (χ1v) is 12.7. The predicted octanol–water partition coefficient (Wildman–Crippen LogP) is 0.632. The summed E-state index contributed by atoms with van der Waals surface area (Å²) in [6.07, 6.45) is 3.74. The second-order valence-electron chi connectivity index (χ2n) is 8.74. The number of hydrogen-bond acceptors (Lipinski definition) is 6. The lowest BCUT2D eigenvalue weighted by Crippen LogP contribution is -2.54. The molecule has 1 aromatic heterocycles. The van der Waals surface area contributed by atoms with Crippen LogP contribution in [0.5, 0.6) is 0 Å². The number of rotatable bonds is 6. The normalized spacial score (nSPS) is 19.9. The van der Waals surface area contributed by atoms with Crippen molar-refractivity contribution >= 4 is 27.9 Å². The number of aromatic nitrogens is 2. The first-order chi connectivity index (χ1) is 17.2. The number of sulfonamides is 1. The van der Waals surface area contributed by atoms with Crippen molar-refractivity contribution in [2.45, 2.75) is 23.4 Å². The molecule has 1 fully saturated rings. The Morgan fingerprint density at radius 2 is 1.83 bits per heavy atom. The summed E-state index contributed by atoms with van der Waals surface area (Å²) in [5, 5.41) is 7.39. The van der Waals surface area contributed by atoms with Crippen LogP contribution in [-0.2, 0) is 40.4 Å². The highest BCUT2D eigenvalue weighted by Crippen LogP contribution is 2.26. The smallest absolute Gasteiger partial charge is 0.322 e. The van der Waals surface area contributed by atoms with E-state index in [2.05, 4.69) is 20.9 Å². The molecule has 36 heavy (non-hydrogen) atoms. The first-order valence-electron chi connectivity index (χ1n) is 11.3. The maximum absolute atomic E-state index is 13.2. The number of fused-ring (bicyclic) bond motifs is 1. The molecule has 0 bridgehead atoms. The van der Waals surface area contributed by atoms with E-state index >= 15 is 0 Å². The Labute approximate surface area is 207 Å². The van der Waals surface area contributed by atoms with Crippen molar-refractivity contribution in [3.05, 3.63) is 83.4 Å². The van der Waals surface area contributed by atoms with Gasteiger partial charge < -0.3 is 15.2 Å². The second kappa shape index (κ2) is 8.88. The van der Waals surface area contributed by atoms with E-state index in [1.165, 1.54) is 34.8 Å². The molecule has 3 heterocycles. The first kappa shape index (κ1) is 23.7. The van der Waals surface area contributed by atoms with E-state index in [1.54, 1.807) is 17.8 Å².